The van der Waals surface area contributed by atoms with Gasteiger partial charge in [0.1, 0.15) is 11.9 Å². The number of ether oxygens (including phenoxy) is 1. The third-order valence-corrected chi connectivity index (χ3v) is 4.28. The van der Waals surface area contributed by atoms with Crippen molar-refractivity contribution in [3.05, 3.63) is 47.8 Å². The van der Waals surface area contributed by atoms with Crippen molar-refractivity contribution in [1.29, 1.82) is 5.26 Å². The molecule has 0 spiro atoms. The Kier molecular flexibility index (Phi) is 6.32. The summed E-state index contributed by atoms with van der Waals surface area (Å²) >= 11 is 0. The van der Waals surface area contributed by atoms with Gasteiger partial charge in [-0.25, -0.2) is 4.39 Å². The van der Waals surface area contributed by atoms with Crippen molar-refractivity contribution in [3.63, 3.8) is 0 Å². The van der Waals surface area contributed by atoms with Crippen molar-refractivity contribution in [1.82, 2.24) is 0 Å². The van der Waals surface area contributed by atoms with Crippen LogP contribution in [0.3, 0.4) is 0 Å². The monoisotopic (exact) mass is 367 g/mol. The maximum Gasteiger partial charge on any atom is 0.394 e. The molecule has 0 heterocycles. The molecule has 0 aliphatic heterocycles. The van der Waals surface area contributed by atoms with Gasteiger partial charge in [-0.1, -0.05) is 30.3 Å². The Morgan fingerprint density at radius 1 is 1.23 bits per heavy atom. The Morgan fingerprint density at radius 3 is 2.46 bits per heavy atom. The number of methoxy groups -OCH3 is 1. The molecule has 7 heteroatoms. The van der Waals surface area contributed by atoms with E-state index in [4.69, 9.17) is 10.00 Å². The van der Waals surface area contributed by atoms with Crippen LogP contribution in [0.5, 0.6) is 0 Å². The van der Waals surface area contributed by atoms with Crippen LogP contribution in [-0.4, -0.2) is 25.2 Å². The second kappa shape index (κ2) is 8.28. The smallest absolute Gasteiger partial charge is 0.373 e. The molecule has 0 aliphatic carbocycles. The van der Waals surface area contributed by atoms with E-state index in [1.807, 2.05) is 0 Å². The quantitative estimate of drug-likeness (QED) is 0.673. The number of halogens is 4. The fourth-order valence-electron chi connectivity index (χ4n) is 3.07. The molecule has 26 heavy (non-hydrogen) atoms. The maximum absolute atomic E-state index is 14.1. The second-order valence-electron chi connectivity index (χ2n) is 5.90. The first kappa shape index (κ1) is 19.9. The number of nitrogens with zero attached hydrogens (tertiary/aromatic N) is 1. The number of Topliss-reactive ketones (excluding diaryl/α,β-unsaturated/α-hetero) is 1. The van der Waals surface area contributed by atoms with Gasteiger partial charge in [0.2, 0.25) is 0 Å². The van der Waals surface area contributed by atoms with E-state index in [1.165, 1.54) is 12.1 Å². The van der Waals surface area contributed by atoms with Gasteiger partial charge in [0.15, 0.2) is 5.78 Å². The van der Waals surface area contributed by atoms with Crippen LogP contribution < -0.4 is 0 Å². The van der Waals surface area contributed by atoms with Gasteiger partial charge in [-0.15, -0.1) is 0 Å². The lowest BCUT2D eigenvalue weighted by molar-refractivity contribution is -0.206. The van der Waals surface area contributed by atoms with E-state index in [0.717, 1.165) is 7.11 Å². The van der Waals surface area contributed by atoms with Crippen LogP contribution in [0.25, 0.3) is 10.8 Å². The Hall–Kier alpha value is -2.46. The van der Waals surface area contributed by atoms with E-state index < -0.39 is 42.6 Å². The zero-order chi connectivity index (χ0) is 19.3. The van der Waals surface area contributed by atoms with E-state index >= 15 is 0 Å². The van der Waals surface area contributed by atoms with Crippen LogP contribution in [0, 0.1) is 23.1 Å². The zero-order valence-electron chi connectivity index (χ0n) is 14.0. The molecule has 3 nitrogen and oxygen atoms in total. The molecule has 2 atom stereocenters. The molecule has 0 saturated carbocycles. The molecule has 2 aromatic rings. The SMILES string of the molecule is COC(C(=O)CC#N)C(CCc1cccc2cccc(F)c12)C(F)(F)F. The lowest BCUT2D eigenvalue weighted by atomic mass is 9.89. The number of hydrogen-bond acceptors (Lipinski definition) is 3. The maximum atomic E-state index is 14.1. The van der Waals surface area contributed by atoms with Crippen molar-refractivity contribution in [2.45, 2.75) is 31.5 Å². The highest BCUT2D eigenvalue weighted by Gasteiger charge is 2.47. The largest absolute Gasteiger partial charge is 0.394 e. The standard InChI is InChI=1S/C19H17F4NO2/c1-26-18(16(25)10-11-24)14(19(21,22)23)9-8-13-5-2-4-12-6-3-7-15(20)17(12)13/h2-7,14,18H,8-10H2,1H3. The Labute approximate surface area is 148 Å². The Balaban J connectivity index is 2.31. The van der Waals surface area contributed by atoms with E-state index in [-0.39, 0.29) is 11.8 Å². The average Bonchev–Trinajstić information content (AvgIpc) is 2.57. The van der Waals surface area contributed by atoms with Crippen LogP contribution in [0.2, 0.25) is 0 Å². The summed E-state index contributed by atoms with van der Waals surface area (Å²) in [4.78, 5) is 11.8. The van der Waals surface area contributed by atoms with Gasteiger partial charge in [-0.05, 0) is 29.9 Å². The molecule has 138 valence electrons. The molecule has 2 rings (SSSR count). The predicted molar refractivity (Wildman–Crippen MR) is 87.8 cm³/mol. The molecule has 0 amide bonds. The fourth-order valence-corrected chi connectivity index (χ4v) is 3.07. The highest BCUT2D eigenvalue weighted by atomic mass is 19.4. The number of hydrogen-bond donors (Lipinski definition) is 0. The first-order valence-electron chi connectivity index (χ1n) is 7.95. The van der Waals surface area contributed by atoms with Gasteiger partial charge in [0.25, 0.3) is 0 Å². The van der Waals surface area contributed by atoms with Crippen LogP contribution in [0.15, 0.2) is 36.4 Å². The minimum atomic E-state index is -4.69. The zero-order valence-corrected chi connectivity index (χ0v) is 14.0. The lowest BCUT2D eigenvalue weighted by Crippen LogP contribution is -2.40. The summed E-state index contributed by atoms with van der Waals surface area (Å²) in [7, 11) is 1.01. The van der Waals surface area contributed by atoms with Crippen LogP contribution in [0.4, 0.5) is 17.6 Å². The number of nitriles is 1. The molecule has 2 aromatic carbocycles. The highest BCUT2D eigenvalue weighted by Crippen LogP contribution is 2.35. The Morgan fingerprint density at radius 2 is 1.88 bits per heavy atom. The number of carbonyl (C=O) groups excluding carboxylic acids is 1. The molecule has 0 fully saturated rings. The fraction of sp³-hybridized carbons (Fsp3) is 0.368. The minimum absolute atomic E-state index is 0.0812. The van der Waals surface area contributed by atoms with Gasteiger partial charge in [-0.2, -0.15) is 18.4 Å². The third-order valence-electron chi connectivity index (χ3n) is 4.28. The normalized spacial score (nSPS) is 14.0. The van der Waals surface area contributed by atoms with Crippen molar-refractivity contribution in [2.24, 2.45) is 5.92 Å². The first-order chi connectivity index (χ1) is 12.3. The first-order valence-corrected chi connectivity index (χ1v) is 7.95. The summed E-state index contributed by atoms with van der Waals surface area (Å²) in [5, 5.41) is 9.44. The molecular formula is C19H17F4NO2. The predicted octanol–water partition coefficient (Wildman–Crippen LogP) is 4.59. The molecule has 2 unspecified atom stereocenters. The minimum Gasteiger partial charge on any atom is -0.373 e. The van der Waals surface area contributed by atoms with Crippen LogP contribution in [0.1, 0.15) is 18.4 Å². The lowest BCUT2D eigenvalue weighted by Gasteiger charge is -2.27. The van der Waals surface area contributed by atoms with Crippen LogP contribution >= 0.6 is 0 Å². The van der Waals surface area contributed by atoms with Crippen molar-refractivity contribution >= 4 is 16.6 Å². The second-order valence-corrected chi connectivity index (χ2v) is 5.90. The number of benzene rings is 2. The molecular weight excluding hydrogens is 350 g/mol. The van der Waals surface area contributed by atoms with E-state index in [2.05, 4.69) is 0 Å². The highest BCUT2D eigenvalue weighted by molar-refractivity contribution is 5.86. The van der Waals surface area contributed by atoms with Crippen LogP contribution in [-0.2, 0) is 16.0 Å². The number of alkyl halides is 3. The average molecular weight is 367 g/mol. The molecule has 0 radical (unpaired) electrons. The molecule has 0 aliphatic rings. The van der Waals surface area contributed by atoms with Crippen molar-refractivity contribution in [2.75, 3.05) is 7.11 Å². The summed E-state index contributed by atoms with van der Waals surface area (Å²) in [5.41, 5.74) is 0.428. The van der Waals surface area contributed by atoms with Gasteiger partial charge in [-0.3, -0.25) is 4.79 Å². The van der Waals surface area contributed by atoms with E-state index in [9.17, 15) is 22.4 Å². The topological polar surface area (TPSA) is 50.1 Å². The number of fused-ring (bicyclic) bond motifs is 1. The van der Waals surface area contributed by atoms with E-state index in [0.29, 0.717) is 10.9 Å². The summed E-state index contributed by atoms with van der Waals surface area (Å²) in [6, 6.07) is 10.9. The van der Waals surface area contributed by atoms with Gasteiger partial charge < -0.3 is 4.74 Å². The third kappa shape index (κ3) is 4.38. The summed E-state index contributed by atoms with van der Waals surface area (Å²) < 4.78 is 59.3. The van der Waals surface area contributed by atoms with Gasteiger partial charge >= 0.3 is 6.18 Å². The molecule has 0 aromatic heterocycles. The van der Waals surface area contributed by atoms with Gasteiger partial charge in [0, 0.05) is 12.5 Å². The van der Waals surface area contributed by atoms with Gasteiger partial charge in [0.05, 0.1) is 18.4 Å². The van der Waals surface area contributed by atoms with E-state index in [1.54, 1.807) is 30.3 Å². The van der Waals surface area contributed by atoms with Crippen molar-refractivity contribution in [3.8, 4) is 6.07 Å². The number of rotatable bonds is 7. The summed E-state index contributed by atoms with van der Waals surface area (Å²) in [5.74, 6) is -3.50. The number of ketones is 1. The number of aryl methyl sites for hydroxylation is 1. The number of carbonyl (C=O) groups is 1. The molecule has 0 saturated heterocycles. The summed E-state index contributed by atoms with van der Waals surface area (Å²) in [6.45, 7) is 0. The Bertz CT molecular complexity index is 821. The van der Waals surface area contributed by atoms with Crippen molar-refractivity contribution < 1.29 is 27.1 Å². The summed E-state index contributed by atoms with van der Waals surface area (Å²) in [6.07, 6.45) is -7.63. The molecule has 0 N–H and O–H groups in total. The molecule has 0 bridgehead atoms.